The molecule has 0 radical (unpaired) electrons. The smallest absolute Gasteiger partial charge is 0.146 e. The van der Waals surface area contributed by atoms with E-state index in [0.29, 0.717) is 0 Å². The van der Waals surface area contributed by atoms with Gasteiger partial charge in [0, 0.05) is 0 Å². The Labute approximate surface area is 79.2 Å². The van der Waals surface area contributed by atoms with Crippen LogP contribution in [0.4, 0.5) is 0 Å². The zero-order chi connectivity index (χ0) is 10.3. The lowest BCUT2D eigenvalue weighted by Crippen LogP contribution is -2.45. The molecule has 0 aromatic carbocycles. The van der Waals surface area contributed by atoms with E-state index in [-0.39, 0.29) is 11.8 Å². The van der Waals surface area contributed by atoms with Crippen LogP contribution in [0.2, 0.25) is 0 Å². The first-order chi connectivity index (χ1) is 6.07. The molecule has 1 unspecified atom stereocenters. The van der Waals surface area contributed by atoms with E-state index >= 15 is 0 Å². The van der Waals surface area contributed by atoms with Crippen molar-refractivity contribution in [3.8, 4) is 0 Å². The highest BCUT2D eigenvalue weighted by Crippen LogP contribution is 1.96. The molecule has 0 saturated heterocycles. The number of Topliss-reactive ketones (excluding diaryl/α,β-unsaturated/α-hetero) is 1. The number of ketones is 1. The van der Waals surface area contributed by atoms with Gasteiger partial charge in [0.1, 0.15) is 12.1 Å². The van der Waals surface area contributed by atoms with E-state index in [4.69, 9.17) is 11.5 Å². The molecule has 13 heavy (non-hydrogen) atoms. The Morgan fingerprint density at radius 2 is 2.08 bits per heavy atom. The molecule has 0 fully saturated rings. The topological polar surface area (TPSA) is 93.2 Å². The molecular weight excluding hydrogens is 168 g/mol. The van der Waals surface area contributed by atoms with Crippen LogP contribution in [0.15, 0.2) is 0 Å². The highest BCUT2D eigenvalue weighted by atomic mass is 16.1. The average molecular weight is 188 g/mol. The van der Waals surface area contributed by atoms with Crippen molar-refractivity contribution < 1.29 is 4.79 Å². The molecule has 1 atom stereocenters. The molecule has 0 aliphatic rings. The van der Waals surface area contributed by atoms with E-state index in [9.17, 15) is 4.79 Å². The SMILES string of the molecule is CNC(CCCNC(N)N)C(C)=O. The molecule has 5 heteroatoms. The van der Waals surface area contributed by atoms with Crippen LogP contribution in [0.25, 0.3) is 0 Å². The summed E-state index contributed by atoms with van der Waals surface area (Å²) in [5, 5.41) is 5.83. The third kappa shape index (κ3) is 6.65. The van der Waals surface area contributed by atoms with Crippen molar-refractivity contribution in [2.75, 3.05) is 13.6 Å². The first-order valence-corrected chi connectivity index (χ1v) is 4.50. The molecule has 0 aliphatic carbocycles. The summed E-state index contributed by atoms with van der Waals surface area (Å²) in [7, 11) is 1.79. The van der Waals surface area contributed by atoms with Gasteiger partial charge in [-0.3, -0.25) is 10.1 Å². The minimum atomic E-state index is -0.467. The van der Waals surface area contributed by atoms with Gasteiger partial charge in [-0.15, -0.1) is 0 Å². The van der Waals surface area contributed by atoms with Gasteiger partial charge < -0.3 is 16.8 Å². The zero-order valence-electron chi connectivity index (χ0n) is 8.34. The number of likely N-dealkylation sites (N-methyl/N-ethyl adjacent to an activating group) is 1. The Hall–Kier alpha value is -0.490. The van der Waals surface area contributed by atoms with Crippen LogP contribution in [0, 0.1) is 0 Å². The van der Waals surface area contributed by atoms with E-state index in [2.05, 4.69) is 10.6 Å². The van der Waals surface area contributed by atoms with E-state index in [1.807, 2.05) is 0 Å². The van der Waals surface area contributed by atoms with E-state index in [0.717, 1.165) is 19.4 Å². The first-order valence-electron chi connectivity index (χ1n) is 4.50. The Balaban J connectivity index is 3.44. The second-order valence-electron chi connectivity index (χ2n) is 3.07. The molecule has 78 valence electrons. The standard InChI is InChI=1S/C8H20N4O/c1-6(13)7(11-2)4-3-5-12-8(9)10/h7-8,11-12H,3-5,9-10H2,1-2H3. The molecule has 0 aliphatic heterocycles. The zero-order valence-corrected chi connectivity index (χ0v) is 8.34. The van der Waals surface area contributed by atoms with Crippen LogP contribution in [0.5, 0.6) is 0 Å². The maximum Gasteiger partial charge on any atom is 0.146 e. The monoisotopic (exact) mass is 188 g/mol. The third-order valence-electron chi connectivity index (χ3n) is 1.89. The quantitative estimate of drug-likeness (QED) is 0.295. The lowest BCUT2D eigenvalue weighted by Gasteiger charge is -2.13. The van der Waals surface area contributed by atoms with Crippen molar-refractivity contribution in [3.05, 3.63) is 0 Å². The fourth-order valence-corrected chi connectivity index (χ4v) is 1.13. The molecule has 0 spiro atoms. The van der Waals surface area contributed by atoms with Crippen LogP contribution >= 0.6 is 0 Å². The second-order valence-corrected chi connectivity index (χ2v) is 3.07. The molecule has 0 amide bonds. The predicted molar refractivity (Wildman–Crippen MR) is 52.9 cm³/mol. The minimum absolute atomic E-state index is 0.0456. The van der Waals surface area contributed by atoms with Crippen LogP contribution in [-0.2, 0) is 4.79 Å². The van der Waals surface area contributed by atoms with Crippen LogP contribution in [0.3, 0.4) is 0 Å². The maximum atomic E-state index is 11.0. The number of nitrogens with two attached hydrogens (primary N) is 2. The van der Waals surface area contributed by atoms with Gasteiger partial charge in [0.05, 0.1) is 6.04 Å². The Morgan fingerprint density at radius 1 is 1.46 bits per heavy atom. The molecule has 0 heterocycles. The van der Waals surface area contributed by atoms with Gasteiger partial charge in [-0.2, -0.15) is 0 Å². The second kappa shape index (κ2) is 6.97. The Bertz CT molecular complexity index is 149. The molecule has 0 saturated carbocycles. The molecule has 0 aromatic rings. The predicted octanol–water partition coefficient (Wildman–Crippen LogP) is -1.27. The molecule has 0 aromatic heterocycles. The van der Waals surface area contributed by atoms with Gasteiger partial charge in [0.2, 0.25) is 0 Å². The highest BCUT2D eigenvalue weighted by molar-refractivity contribution is 5.81. The lowest BCUT2D eigenvalue weighted by atomic mass is 10.1. The summed E-state index contributed by atoms with van der Waals surface area (Å²) in [6.07, 6.45) is 1.23. The lowest BCUT2D eigenvalue weighted by molar-refractivity contribution is -0.119. The van der Waals surface area contributed by atoms with Gasteiger partial charge in [0.25, 0.3) is 0 Å². The van der Waals surface area contributed by atoms with E-state index < -0.39 is 6.29 Å². The Morgan fingerprint density at radius 3 is 2.46 bits per heavy atom. The summed E-state index contributed by atoms with van der Waals surface area (Å²) in [6, 6.07) is -0.0456. The molecular formula is C8H20N4O. The summed E-state index contributed by atoms with van der Waals surface area (Å²) >= 11 is 0. The molecule has 6 N–H and O–H groups in total. The molecule has 0 rings (SSSR count). The van der Waals surface area contributed by atoms with E-state index in [1.165, 1.54) is 0 Å². The van der Waals surface area contributed by atoms with Crippen molar-refractivity contribution in [3.63, 3.8) is 0 Å². The van der Waals surface area contributed by atoms with Gasteiger partial charge in [0.15, 0.2) is 0 Å². The summed E-state index contributed by atoms with van der Waals surface area (Å²) in [5.74, 6) is 0.166. The number of hydrogen-bond donors (Lipinski definition) is 4. The van der Waals surface area contributed by atoms with Crippen molar-refractivity contribution in [2.45, 2.75) is 32.1 Å². The van der Waals surface area contributed by atoms with Gasteiger partial charge >= 0.3 is 0 Å². The number of rotatable bonds is 7. The number of nitrogens with one attached hydrogen (secondary N) is 2. The first kappa shape index (κ1) is 12.5. The number of carbonyl (C=O) groups is 1. The van der Waals surface area contributed by atoms with Crippen molar-refractivity contribution in [1.29, 1.82) is 0 Å². The number of carbonyl (C=O) groups excluding carboxylic acids is 1. The molecule has 0 bridgehead atoms. The summed E-state index contributed by atoms with van der Waals surface area (Å²) in [5.41, 5.74) is 10.6. The highest BCUT2D eigenvalue weighted by Gasteiger charge is 2.09. The average Bonchev–Trinajstić information content (AvgIpc) is 2.03. The van der Waals surface area contributed by atoms with Gasteiger partial charge in [-0.05, 0) is 33.4 Å². The van der Waals surface area contributed by atoms with Gasteiger partial charge in [-0.1, -0.05) is 0 Å². The summed E-state index contributed by atoms with van der Waals surface area (Å²) in [4.78, 5) is 11.0. The van der Waals surface area contributed by atoms with Crippen LogP contribution in [-0.4, -0.2) is 31.7 Å². The molecule has 5 nitrogen and oxygen atoms in total. The fourth-order valence-electron chi connectivity index (χ4n) is 1.13. The van der Waals surface area contributed by atoms with Gasteiger partial charge in [-0.25, -0.2) is 0 Å². The van der Waals surface area contributed by atoms with Crippen molar-refractivity contribution in [1.82, 2.24) is 10.6 Å². The largest absolute Gasteiger partial charge is 0.311 e. The van der Waals surface area contributed by atoms with Crippen molar-refractivity contribution in [2.24, 2.45) is 11.5 Å². The Kier molecular flexibility index (Phi) is 6.70. The normalized spacial score (nSPS) is 13.3. The summed E-state index contributed by atoms with van der Waals surface area (Å²) < 4.78 is 0. The van der Waals surface area contributed by atoms with Crippen molar-refractivity contribution >= 4 is 5.78 Å². The third-order valence-corrected chi connectivity index (χ3v) is 1.89. The van der Waals surface area contributed by atoms with Crippen LogP contribution < -0.4 is 22.1 Å². The summed E-state index contributed by atoms with van der Waals surface area (Å²) in [6.45, 7) is 2.33. The van der Waals surface area contributed by atoms with E-state index in [1.54, 1.807) is 14.0 Å². The number of hydrogen-bond acceptors (Lipinski definition) is 5. The van der Waals surface area contributed by atoms with Crippen LogP contribution in [0.1, 0.15) is 19.8 Å². The fraction of sp³-hybridized carbons (Fsp3) is 0.875. The maximum absolute atomic E-state index is 11.0. The minimum Gasteiger partial charge on any atom is -0.311 e.